The number of ether oxygens (including phenoxy) is 1. The number of hydrogen-bond acceptors (Lipinski definition) is 7. The summed E-state index contributed by atoms with van der Waals surface area (Å²) in [4.78, 5) is 19.0. The van der Waals surface area contributed by atoms with Crippen molar-refractivity contribution in [1.82, 2.24) is 19.5 Å². The third-order valence-corrected chi connectivity index (χ3v) is 6.65. The van der Waals surface area contributed by atoms with Gasteiger partial charge in [0.05, 0.1) is 23.8 Å². The quantitative estimate of drug-likeness (QED) is 0.598. The maximum atomic E-state index is 13.8. The molecule has 2 aromatic carbocycles. The first kappa shape index (κ1) is 21.2. The van der Waals surface area contributed by atoms with Crippen LogP contribution in [0.25, 0.3) is 11.0 Å². The van der Waals surface area contributed by atoms with Crippen LogP contribution in [0.5, 0.6) is 0 Å². The summed E-state index contributed by atoms with van der Waals surface area (Å²) in [5, 5.41) is 10.2. The number of hydrogen-bond donors (Lipinski definition) is 1. The molecule has 2 heterocycles. The van der Waals surface area contributed by atoms with E-state index >= 15 is 0 Å². The fraction of sp³-hybridized carbons (Fsp3) is 0.316. The lowest BCUT2D eigenvalue weighted by atomic mass is 10.3. The van der Waals surface area contributed by atoms with Gasteiger partial charge in [-0.15, -0.1) is 5.10 Å². The molecule has 4 rings (SSSR count). The number of carbonyl (C=O) groups is 1. The predicted octanol–water partition coefficient (Wildman–Crippen LogP) is 1.05. The Balaban J connectivity index is 1.55. The highest BCUT2D eigenvalue weighted by molar-refractivity contribution is 7.89. The number of benzene rings is 2. The standard InChI is InChI=1S/C19H20FN5O5S/c1-13(19(26)21-16-5-3-2-4-15(16)20)30-25-18-12-14(6-7-17(18)22-23-25)31(27,28)24-8-10-29-11-9-24/h2-7,12-13H,8-11H2,1H3,(H,21,26)/t13-/m0/s1. The summed E-state index contributed by atoms with van der Waals surface area (Å²) in [6, 6.07) is 10.1. The summed E-state index contributed by atoms with van der Waals surface area (Å²) in [7, 11) is -3.73. The molecule has 0 aliphatic carbocycles. The van der Waals surface area contributed by atoms with Crippen molar-refractivity contribution < 1.29 is 27.2 Å². The van der Waals surface area contributed by atoms with Crippen molar-refractivity contribution in [3.05, 3.63) is 48.3 Å². The number of anilines is 1. The molecule has 1 aromatic heterocycles. The predicted molar refractivity (Wildman–Crippen MR) is 108 cm³/mol. The second kappa shape index (κ2) is 8.57. The number of aromatic nitrogens is 3. The molecule has 0 spiro atoms. The van der Waals surface area contributed by atoms with E-state index in [0.717, 1.165) is 4.85 Å². The van der Waals surface area contributed by atoms with E-state index in [1.165, 1.54) is 47.6 Å². The lowest BCUT2D eigenvalue weighted by Gasteiger charge is -2.26. The highest BCUT2D eigenvalue weighted by Gasteiger charge is 2.27. The molecule has 0 radical (unpaired) electrons. The van der Waals surface area contributed by atoms with Crippen molar-refractivity contribution in [3.8, 4) is 0 Å². The zero-order valence-corrected chi connectivity index (χ0v) is 17.4. The molecular formula is C19H20FN5O5S. The largest absolute Gasteiger partial charge is 0.382 e. The fourth-order valence-electron chi connectivity index (χ4n) is 3.05. The number of para-hydroxylation sites is 1. The van der Waals surface area contributed by atoms with E-state index in [9.17, 15) is 17.6 Å². The van der Waals surface area contributed by atoms with Crippen LogP contribution in [0.15, 0.2) is 47.4 Å². The van der Waals surface area contributed by atoms with Gasteiger partial charge in [0, 0.05) is 13.1 Å². The maximum absolute atomic E-state index is 13.8. The zero-order chi connectivity index (χ0) is 22.0. The summed E-state index contributed by atoms with van der Waals surface area (Å²) in [5.74, 6) is -1.18. The molecular weight excluding hydrogens is 429 g/mol. The number of rotatable bonds is 6. The normalized spacial score (nSPS) is 16.2. The van der Waals surface area contributed by atoms with E-state index in [-0.39, 0.29) is 29.2 Å². The molecule has 1 aliphatic rings. The van der Waals surface area contributed by atoms with Gasteiger partial charge in [0.15, 0.2) is 0 Å². The van der Waals surface area contributed by atoms with Crippen LogP contribution in [0, 0.1) is 5.82 Å². The van der Waals surface area contributed by atoms with E-state index in [0.29, 0.717) is 18.7 Å². The Hall–Kier alpha value is -3.09. The molecule has 0 unspecified atom stereocenters. The lowest BCUT2D eigenvalue weighted by Crippen LogP contribution is -2.40. The smallest absolute Gasteiger partial charge is 0.268 e. The summed E-state index contributed by atoms with van der Waals surface area (Å²) >= 11 is 0. The van der Waals surface area contributed by atoms with Crippen LogP contribution >= 0.6 is 0 Å². The van der Waals surface area contributed by atoms with Gasteiger partial charge in [-0.05, 0) is 42.5 Å². The van der Waals surface area contributed by atoms with Crippen molar-refractivity contribution in [2.45, 2.75) is 17.9 Å². The van der Waals surface area contributed by atoms with Gasteiger partial charge in [-0.2, -0.15) is 4.31 Å². The Morgan fingerprint density at radius 1 is 1.23 bits per heavy atom. The number of nitrogens with zero attached hydrogens (tertiary/aromatic N) is 4. The number of amides is 1. The van der Waals surface area contributed by atoms with E-state index in [1.54, 1.807) is 6.07 Å². The molecule has 1 saturated heterocycles. The van der Waals surface area contributed by atoms with Gasteiger partial charge in [-0.1, -0.05) is 17.0 Å². The topological polar surface area (TPSA) is 116 Å². The summed E-state index contributed by atoms with van der Waals surface area (Å²) in [6.07, 6.45) is -1.07. The molecule has 1 fully saturated rings. The van der Waals surface area contributed by atoms with E-state index in [2.05, 4.69) is 15.6 Å². The number of halogens is 1. The Morgan fingerprint density at radius 2 is 1.97 bits per heavy atom. The minimum Gasteiger partial charge on any atom is -0.382 e. The zero-order valence-electron chi connectivity index (χ0n) is 16.6. The molecule has 12 heteroatoms. The molecule has 1 aliphatic heterocycles. The van der Waals surface area contributed by atoms with Gasteiger partial charge in [0.2, 0.25) is 16.1 Å². The molecule has 10 nitrogen and oxygen atoms in total. The number of carbonyl (C=O) groups excluding carboxylic acids is 1. The van der Waals surface area contributed by atoms with E-state index in [1.807, 2.05) is 0 Å². The van der Waals surface area contributed by atoms with Crippen LogP contribution in [-0.2, 0) is 19.6 Å². The first-order chi connectivity index (χ1) is 14.9. The Bertz CT molecular complexity index is 1210. The Kier molecular flexibility index (Phi) is 5.85. The van der Waals surface area contributed by atoms with Crippen LogP contribution in [0.3, 0.4) is 0 Å². The van der Waals surface area contributed by atoms with E-state index in [4.69, 9.17) is 9.57 Å². The SMILES string of the molecule is C[C@H](On1nnc2ccc(S(=O)(=O)N3CCOCC3)cc21)C(=O)Nc1ccccc1F. The average molecular weight is 449 g/mol. The molecule has 0 bridgehead atoms. The van der Waals surface area contributed by atoms with Crippen molar-refractivity contribution in [3.63, 3.8) is 0 Å². The highest BCUT2D eigenvalue weighted by atomic mass is 32.2. The molecule has 164 valence electrons. The monoisotopic (exact) mass is 449 g/mol. The van der Waals surface area contributed by atoms with Crippen molar-refractivity contribution in [1.29, 1.82) is 0 Å². The summed E-state index contributed by atoms with van der Waals surface area (Å²) in [6.45, 7) is 2.65. The number of fused-ring (bicyclic) bond motifs is 1. The molecule has 1 N–H and O–H groups in total. The minimum atomic E-state index is -3.73. The fourth-order valence-corrected chi connectivity index (χ4v) is 4.48. The molecule has 1 amide bonds. The van der Waals surface area contributed by atoms with Gasteiger partial charge >= 0.3 is 0 Å². The van der Waals surface area contributed by atoms with Gasteiger partial charge in [-0.25, -0.2) is 12.8 Å². The van der Waals surface area contributed by atoms with Crippen LogP contribution in [-0.4, -0.2) is 66.2 Å². The Labute approximate surface area is 177 Å². The molecule has 0 saturated carbocycles. The van der Waals surface area contributed by atoms with E-state index < -0.39 is 27.9 Å². The van der Waals surface area contributed by atoms with Crippen molar-refractivity contribution in [2.24, 2.45) is 0 Å². The van der Waals surface area contributed by atoms with Gasteiger partial charge < -0.3 is 14.9 Å². The number of sulfonamides is 1. The molecule has 31 heavy (non-hydrogen) atoms. The highest BCUT2D eigenvalue weighted by Crippen LogP contribution is 2.21. The number of nitrogens with one attached hydrogen (secondary N) is 1. The van der Waals surface area contributed by atoms with Crippen molar-refractivity contribution in [2.75, 3.05) is 31.6 Å². The summed E-state index contributed by atoms with van der Waals surface area (Å²) < 4.78 is 46.1. The van der Waals surface area contributed by atoms with Gasteiger partial charge in [0.1, 0.15) is 16.9 Å². The lowest BCUT2D eigenvalue weighted by molar-refractivity contribution is -0.127. The second-order valence-electron chi connectivity index (χ2n) is 6.85. The van der Waals surface area contributed by atoms with Crippen LogP contribution in [0.4, 0.5) is 10.1 Å². The van der Waals surface area contributed by atoms with Gasteiger partial charge in [-0.3, -0.25) is 4.79 Å². The first-order valence-corrected chi connectivity index (χ1v) is 11.0. The van der Waals surface area contributed by atoms with Crippen molar-refractivity contribution >= 4 is 32.7 Å². The average Bonchev–Trinajstić information content (AvgIpc) is 3.18. The minimum absolute atomic E-state index is 0.0188. The summed E-state index contributed by atoms with van der Waals surface area (Å²) in [5.41, 5.74) is 0.688. The van der Waals surface area contributed by atoms with Crippen LogP contribution in [0.2, 0.25) is 0 Å². The first-order valence-electron chi connectivity index (χ1n) is 9.52. The number of morpholine rings is 1. The van der Waals surface area contributed by atoms with Crippen LogP contribution in [0.1, 0.15) is 6.92 Å². The molecule has 1 atom stereocenters. The third-order valence-electron chi connectivity index (χ3n) is 4.75. The maximum Gasteiger partial charge on any atom is 0.268 e. The van der Waals surface area contributed by atoms with Gasteiger partial charge in [0.25, 0.3) is 5.91 Å². The second-order valence-corrected chi connectivity index (χ2v) is 8.78. The van der Waals surface area contributed by atoms with Crippen LogP contribution < -0.4 is 10.2 Å². The molecule has 3 aromatic rings. The third kappa shape index (κ3) is 4.36. The Morgan fingerprint density at radius 3 is 2.71 bits per heavy atom.